The van der Waals surface area contributed by atoms with Crippen LogP contribution in [0.1, 0.15) is 52.1 Å². The summed E-state index contributed by atoms with van der Waals surface area (Å²) in [5, 5.41) is 3.35. The second-order valence-corrected chi connectivity index (χ2v) is 12.2. The number of halogens is 1. The van der Waals surface area contributed by atoms with Gasteiger partial charge in [-0.15, -0.1) is 6.58 Å². The summed E-state index contributed by atoms with van der Waals surface area (Å²) in [4.78, 5) is 27.2. The van der Waals surface area contributed by atoms with Crippen molar-refractivity contribution >= 4 is 23.7 Å². The summed E-state index contributed by atoms with van der Waals surface area (Å²) in [6.07, 6.45) is 1.29. The highest BCUT2D eigenvalue weighted by Crippen LogP contribution is 2.45. The Kier molecular flexibility index (Phi) is 9.55. The molecule has 47 heavy (non-hydrogen) atoms. The highest BCUT2D eigenvalue weighted by Gasteiger charge is 2.42. The molecule has 6 rings (SSSR count). The number of fused-ring (bicyclic) bond motifs is 3. The zero-order valence-electron chi connectivity index (χ0n) is 26.2. The van der Waals surface area contributed by atoms with Crippen molar-refractivity contribution in [2.75, 3.05) is 6.61 Å². The molecular weight excluding hydrogens is 606 g/mol. The van der Waals surface area contributed by atoms with E-state index < -0.39 is 23.7 Å². The van der Waals surface area contributed by atoms with Crippen LogP contribution in [0.5, 0.6) is 0 Å². The van der Waals surface area contributed by atoms with Gasteiger partial charge in [0.25, 0.3) is 0 Å². The standard InChI is InChI=1S/C41H36ClNO4/c1-3-13-31(43-40(45)46-27-36-34-18-9-7-16-32(34)33-17-8-10-19-35(33)36)26-39(44)47-41(29-14-5-4-6-15-29,30-24-22-28(2)23-25-30)37-20-11-12-21-38(37)42/h3-12,14-25,31,36H,1,13,26-27H2,2H3,(H,43,45)/t31-,41?/m1/s1. The number of esters is 1. The van der Waals surface area contributed by atoms with Crippen LogP contribution in [-0.2, 0) is 19.9 Å². The number of amides is 1. The number of rotatable bonds is 11. The molecule has 0 spiro atoms. The molecule has 1 N–H and O–H groups in total. The number of alkyl carbamates (subject to hydrolysis) is 1. The summed E-state index contributed by atoms with van der Waals surface area (Å²) in [6, 6.07) is 40.6. The molecule has 236 valence electrons. The minimum absolute atomic E-state index is 0.0763. The molecule has 0 bridgehead atoms. The summed E-state index contributed by atoms with van der Waals surface area (Å²) in [5.74, 6) is -0.590. The third kappa shape index (κ3) is 6.58. The van der Waals surface area contributed by atoms with Gasteiger partial charge in [-0.2, -0.15) is 0 Å². The fraction of sp³-hybridized carbons (Fsp3) is 0.171. The van der Waals surface area contributed by atoms with Crippen molar-refractivity contribution in [2.45, 2.75) is 37.3 Å². The number of carbonyl (C=O) groups excluding carboxylic acids is 2. The first-order valence-electron chi connectivity index (χ1n) is 15.7. The third-order valence-electron chi connectivity index (χ3n) is 8.69. The number of ether oxygens (including phenoxy) is 2. The molecule has 1 amide bonds. The van der Waals surface area contributed by atoms with Gasteiger partial charge in [0.2, 0.25) is 0 Å². The molecule has 2 atom stereocenters. The Bertz CT molecular complexity index is 1840. The van der Waals surface area contributed by atoms with E-state index in [0.29, 0.717) is 17.0 Å². The molecule has 0 saturated heterocycles. The fourth-order valence-corrected chi connectivity index (χ4v) is 6.74. The number of hydrogen-bond acceptors (Lipinski definition) is 4. The minimum Gasteiger partial charge on any atom is -0.449 e. The van der Waals surface area contributed by atoms with Crippen LogP contribution in [0.15, 0.2) is 140 Å². The molecule has 5 nitrogen and oxygen atoms in total. The first-order chi connectivity index (χ1) is 22.9. The average Bonchev–Trinajstić information content (AvgIpc) is 3.41. The van der Waals surface area contributed by atoms with Crippen molar-refractivity contribution in [1.82, 2.24) is 5.32 Å². The van der Waals surface area contributed by atoms with Crippen LogP contribution in [0.3, 0.4) is 0 Å². The molecular formula is C41H36ClNO4. The Morgan fingerprint density at radius 3 is 2.02 bits per heavy atom. The van der Waals surface area contributed by atoms with E-state index in [1.165, 1.54) is 0 Å². The van der Waals surface area contributed by atoms with Crippen molar-refractivity contribution in [2.24, 2.45) is 0 Å². The number of hydrogen-bond donors (Lipinski definition) is 1. The summed E-state index contributed by atoms with van der Waals surface area (Å²) >= 11 is 6.82. The SMILES string of the molecule is C=CC[C@H](CC(=O)OC(c1ccccc1)(c1ccc(C)cc1)c1ccccc1Cl)NC(=O)OCC1c2ccccc2-c2ccccc21. The van der Waals surface area contributed by atoms with Crippen molar-refractivity contribution in [3.8, 4) is 11.1 Å². The van der Waals surface area contributed by atoms with E-state index >= 15 is 0 Å². The highest BCUT2D eigenvalue weighted by molar-refractivity contribution is 6.31. The van der Waals surface area contributed by atoms with E-state index in [1.807, 2.05) is 104 Å². The Labute approximate surface area is 280 Å². The van der Waals surface area contributed by atoms with E-state index in [1.54, 1.807) is 12.1 Å². The lowest BCUT2D eigenvalue weighted by Crippen LogP contribution is -2.40. The predicted molar refractivity (Wildman–Crippen MR) is 186 cm³/mol. The molecule has 5 aromatic carbocycles. The van der Waals surface area contributed by atoms with Gasteiger partial charge in [-0.1, -0.05) is 145 Å². The van der Waals surface area contributed by atoms with Crippen LogP contribution in [0.25, 0.3) is 11.1 Å². The topological polar surface area (TPSA) is 64.6 Å². The maximum atomic E-state index is 14.0. The van der Waals surface area contributed by atoms with Crippen LogP contribution in [0, 0.1) is 6.92 Å². The molecule has 0 radical (unpaired) electrons. The van der Waals surface area contributed by atoms with Gasteiger partial charge in [-0.05, 0) is 41.7 Å². The highest BCUT2D eigenvalue weighted by atomic mass is 35.5. The Morgan fingerprint density at radius 1 is 0.809 bits per heavy atom. The van der Waals surface area contributed by atoms with Gasteiger partial charge in [-0.3, -0.25) is 4.79 Å². The minimum atomic E-state index is -1.34. The maximum absolute atomic E-state index is 14.0. The van der Waals surface area contributed by atoms with Gasteiger partial charge in [0.05, 0.1) is 6.42 Å². The van der Waals surface area contributed by atoms with Crippen molar-refractivity contribution < 1.29 is 19.1 Å². The van der Waals surface area contributed by atoms with Gasteiger partial charge in [-0.25, -0.2) is 4.79 Å². The fourth-order valence-electron chi connectivity index (χ4n) is 6.47. The van der Waals surface area contributed by atoms with Gasteiger partial charge < -0.3 is 14.8 Å². The van der Waals surface area contributed by atoms with Gasteiger partial charge in [0, 0.05) is 33.7 Å². The van der Waals surface area contributed by atoms with Crippen molar-refractivity contribution in [3.05, 3.63) is 178 Å². The number of carbonyl (C=O) groups is 2. The molecule has 0 saturated carbocycles. The maximum Gasteiger partial charge on any atom is 0.407 e. The molecule has 1 aliphatic carbocycles. The zero-order chi connectivity index (χ0) is 32.8. The van der Waals surface area contributed by atoms with Crippen LogP contribution < -0.4 is 5.32 Å². The van der Waals surface area contributed by atoms with E-state index in [2.05, 4.69) is 36.2 Å². The van der Waals surface area contributed by atoms with Crippen LogP contribution in [-0.4, -0.2) is 24.7 Å². The van der Waals surface area contributed by atoms with E-state index in [4.69, 9.17) is 21.1 Å². The summed E-state index contributed by atoms with van der Waals surface area (Å²) in [7, 11) is 0. The van der Waals surface area contributed by atoms with Crippen LogP contribution >= 0.6 is 11.6 Å². The van der Waals surface area contributed by atoms with Crippen molar-refractivity contribution in [1.29, 1.82) is 0 Å². The van der Waals surface area contributed by atoms with Crippen LogP contribution in [0.2, 0.25) is 5.02 Å². The molecule has 5 aromatic rings. The predicted octanol–water partition coefficient (Wildman–Crippen LogP) is 9.36. The lowest BCUT2D eigenvalue weighted by atomic mass is 9.79. The summed E-state index contributed by atoms with van der Waals surface area (Å²) in [5.41, 5.74) is 6.41. The number of nitrogens with one attached hydrogen (secondary N) is 1. The second kappa shape index (κ2) is 14.1. The number of aryl methyl sites for hydroxylation is 1. The lowest BCUT2D eigenvalue weighted by molar-refractivity contribution is -0.154. The first kappa shape index (κ1) is 31.8. The normalized spacial score (nSPS) is 13.8. The van der Waals surface area contributed by atoms with Crippen molar-refractivity contribution in [3.63, 3.8) is 0 Å². The summed E-state index contributed by atoms with van der Waals surface area (Å²) in [6.45, 7) is 6.02. The van der Waals surface area contributed by atoms with Gasteiger partial charge >= 0.3 is 12.1 Å². The van der Waals surface area contributed by atoms with E-state index in [9.17, 15) is 9.59 Å². The molecule has 1 aliphatic rings. The quantitative estimate of drug-likeness (QED) is 0.0887. The smallest absolute Gasteiger partial charge is 0.407 e. The number of benzene rings is 5. The summed E-state index contributed by atoms with van der Waals surface area (Å²) < 4.78 is 12.3. The average molecular weight is 642 g/mol. The Morgan fingerprint density at radius 2 is 1.38 bits per heavy atom. The monoisotopic (exact) mass is 641 g/mol. The van der Waals surface area contributed by atoms with Gasteiger partial charge in [0.1, 0.15) is 6.61 Å². The molecule has 0 heterocycles. The molecule has 0 aromatic heterocycles. The third-order valence-corrected chi connectivity index (χ3v) is 9.02. The first-order valence-corrected chi connectivity index (χ1v) is 16.1. The second-order valence-electron chi connectivity index (χ2n) is 11.8. The molecule has 6 heteroatoms. The largest absolute Gasteiger partial charge is 0.449 e. The van der Waals surface area contributed by atoms with Gasteiger partial charge in [0.15, 0.2) is 5.60 Å². The molecule has 0 fully saturated rings. The molecule has 1 unspecified atom stereocenters. The van der Waals surface area contributed by atoms with E-state index in [0.717, 1.165) is 38.9 Å². The zero-order valence-corrected chi connectivity index (χ0v) is 27.0. The Balaban J connectivity index is 1.23. The lowest BCUT2D eigenvalue weighted by Gasteiger charge is -2.36. The molecule has 0 aliphatic heterocycles. The van der Waals surface area contributed by atoms with Crippen LogP contribution in [0.4, 0.5) is 4.79 Å². The Hall–Kier alpha value is -5.13. The van der Waals surface area contributed by atoms with E-state index in [-0.39, 0.29) is 18.9 Å².